The maximum Gasteiger partial charge on any atom is 0.165 e. The first-order valence-corrected chi connectivity index (χ1v) is 5.53. The third-order valence-corrected chi connectivity index (χ3v) is 2.63. The summed E-state index contributed by atoms with van der Waals surface area (Å²) in [6, 6.07) is 4.94. The van der Waals surface area contributed by atoms with Crippen molar-refractivity contribution in [2.24, 2.45) is 5.73 Å². The summed E-state index contributed by atoms with van der Waals surface area (Å²) >= 11 is 0. The number of para-hydroxylation sites is 1. The zero-order valence-electron chi connectivity index (χ0n) is 9.12. The van der Waals surface area contributed by atoms with E-state index in [0.717, 1.165) is 12.0 Å². The van der Waals surface area contributed by atoms with Gasteiger partial charge < -0.3 is 15.2 Å². The molecule has 2 rings (SSSR count). The molecule has 1 heterocycles. The standard InChI is InChI=1S/C12H16FNO2/c13-11-3-1-2-9(4-6-14)12(11)16-10-5-7-15-8-10/h1-3,10H,4-8,14H2. The molecule has 2 N–H and O–H groups in total. The van der Waals surface area contributed by atoms with Gasteiger partial charge in [0.15, 0.2) is 11.6 Å². The molecular formula is C12H16FNO2. The fourth-order valence-electron chi connectivity index (χ4n) is 1.81. The van der Waals surface area contributed by atoms with Crippen molar-refractivity contribution < 1.29 is 13.9 Å². The highest BCUT2D eigenvalue weighted by Crippen LogP contribution is 2.25. The number of hydrogen-bond acceptors (Lipinski definition) is 3. The van der Waals surface area contributed by atoms with Crippen LogP contribution < -0.4 is 10.5 Å². The normalized spacial score (nSPS) is 20.0. The van der Waals surface area contributed by atoms with Crippen molar-refractivity contribution in [1.82, 2.24) is 0 Å². The predicted octanol–water partition coefficient (Wildman–Crippen LogP) is 1.49. The highest BCUT2D eigenvalue weighted by molar-refractivity contribution is 5.35. The molecule has 0 bridgehead atoms. The van der Waals surface area contributed by atoms with Gasteiger partial charge in [-0.05, 0) is 24.6 Å². The Bertz CT molecular complexity index is 351. The quantitative estimate of drug-likeness (QED) is 0.844. The van der Waals surface area contributed by atoms with Gasteiger partial charge in [0.1, 0.15) is 6.10 Å². The van der Waals surface area contributed by atoms with Crippen LogP contribution in [0.15, 0.2) is 18.2 Å². The largest absolute Gasteiger partial charge is 0.485 e. The molecule has 1 aromatic carbocycles. The molecule has 1 unspecified atom stereocenters. The molecule has 0 aliphatic carbocycles. The minimum atomic E-state index is -0.321. The molecule has 0 aromatic heterocycles. The second-order valence-corrected chi connectivity index (χ2v) is 3.87. The van der Waals surface area contributed by atoms with Gasteiger partial charge in [-0.15, -0.1) is 0 Å². The first-order chi connectivity index (χ1) is 7.81. The van der Waals surface area contributed by atoms with E-state index in [4.69, 9.17) is 15.2 Å². The third kappa shape index (κ3) is 2.51. The van der Waals surface area contributed by atoms with Gasteiger partial charge in [0.2, 0.25) is 0 Å². The summed E-state index contributed by atoms with van der Waals surface area (Å²) in [6.45, 7) is 1.71. The molecule has 1 atom stereocenters. The van der Waals surface area contributed by atoms with Crippen LogP contribution in [0.1, 0.15) is 12.0 Å². The van der Waals surface area contributed by atoms with Gasteiger partial charge >= 0.3 is 0 Å². The molecular weight excluding hydrogens is 209 g/mol. The SMILES string of the molecule is NCCc1cccc(F)c1OC1CCOC1. The van der Waals surface area contributed by atoms with E-state index in [9.17, 15) is 4.39 Å². The molecule has 0 spiro atoms. The lowest BCUT2D eigenvalue weighted by atomic mass is 10.1. The molecule has 0 saturated carbocycles. The first-order valence-electron chi connectivity index (χ1n) is 5.53. The minimum Gasteiger partial charge on any atom is -0.485 e. The van der Waals surface area contributed by atoms with Crippen molar-refractivity contribution in [1.29, 1.82) is 0 Å². The summed E-state index contributed by atoms with van der Waals surface area (Å²) in [5, 5.41) is 0. The van der Waals surface area contributed by atoms with Crippen molar-refractivity contribution in [3.63, 3.8) is 0 Å². The maximum atomic E-state index is 13.6. The van der Waals surface area contributed by atoms with Crippen molar-refractivity contribution in [3.8, 4) is 5.75 Å². The van der Waals surface area contributed by atoms with E-state index in [1.165, 1.54) is 6.07 Å². The van der Waals surface area contributed by atoms with Crippen molar-refractivity contribution in [2.75, 3.05) is 19.8 Å². The molecule has 0 radical (unpaired) electrons. The van der Waals surface area contributed by atoms with E-state index in [1.54, 1.807) is 6.07 Å². The molecule has 1 aliphatic heterocycles. The van der Waals surface area contributed by atoms with Crippen LogP contribution in [-0.4, -0.2) is 25.9 Å². The summed E-state index contributed by atoms with van der Waals surface area (Å²) in [6.07, 6.45) is 1.41. The van der Waals surface area contributed by atoms with Gasteiger partial charge in [-0.3, -0.25) is 0 Å². The van der Waals surface area contributed by atoms with Crippen LogP contribution in [0, 0.1) is 5.82 Å². The highest BCUT2D eigenvalue weighted by atomic mass is 19.1. The number of nitrogens with two attached hydrogens (primary N) is 1. The number of hydrogen-bond donors (Lipinski definition) is 1. The Labute approximate surface area is 94.3 Å². The average Bonchev–Trinajstić information content (AvgIpc) is 2.76. The summed E-state index contributed by atoms with van der Waals surface area (Å²) in [4.78, 5) is 0. The Balaban J connectivity index is 2.16. The molecule has 16 heavy (non-hydrogen) atoms. The molecule has 88 valence electrons. The van der Waals surface area contributed by atoms with Gasteiger partial charge in [0.05, 0.1) is 13.2 Å². The summed E-state index contributed by atoms with van der Waals surface area (Å²) in [7, 11) is 0. The lowest BCUT2D eigenvalue weighted by Gasteiger charge is -2.15. The lowest BCUT2D eigenvalue weighted by Crippen LogP contribution is -2.18. The van der Waals surface area contributed by atoms with Crippen LogP contribution in [0.5, 0.6) is 5.75 Å². The summed E-state index contributed by atoms with van der Waals surface area (Å²) in [5.74, 6) is 0.0151. The summed E-state index contributed by atoms with van der Waals surface area (Å²) in [5.41, 5.74) is 6.31. The Morgan fingerprint density at radius 2 is 2.38 bits per heavy atom. The molecule has 1 aliphatic rings. The van der Waals surface area contributed by atoms with Gasteiger partial charge in [0, 0.05) is 6.42 Å². The summed E-state index contributed by atoms with van der Waals surface area (Å²) < 4.78 is 24.5. The number of benzene rings is 1. The molecule has 4 heteroatoms. The van der Waals surface area contributed by atoms with Crippen LogP contribution >= 0.6 is 0 Å². The van der Waals surface area contributed by atoms with E-state index >= 15 is 0 Å². The van der Waals surface area contributed by atoms with Crippen molar-refractivity contribution >= 4 is 0 Å². The lowest BCUT2D eigenvalue weighted by molar-refractivity contribution is 0.137. The smallest absolute Gasteiger partial charge is 0.165 e. The van der Waals surface area contributed by atoms with Gasteiger partial charge in [-0.1, -0.05) is 12.1 Å². The number of rotatable bonds is 4. The van der Waals surface area contributed by atoms with E-state index in [2.05, 4.69) is 0 Å². The van der Waals surface area contributed by atoms with Gasteiger partial charge in [-0.25, -0.2) is 4.39 Å². The highest BCUT2D eigenvalue weighted by Gasteiger charge is 2.20. The second-order valence-electron chi connectivity index (χ2n) is 3.87. The third-order valence-electron chi connectivity index (χ3n) is 2.63. The molecule has 1 aromatic rings. The Kier molecular flexibility index (Phi) is 3.74. The Hall–Kier alpha value is -1.13. The monoisotopic (exact) mass is 225 g/mol. The maximum absolute atomic E-state index is 13.6. The van der Waals surface area contributed by atoms with E-state index in [1.807, 2.05) is 6.07 Å². The predicted molar refractivity (Wildman–Crippen MR) is 59.0 cm³/mol. The second kappa shape index (κ2) is 5.27. The average molecular weight is 225 g/mol. The first kappa shape index (κ1) is 11.4. The fourth-order valence-corrected chi connectivity index (χ4v) is 1.81. The van der Waals surface area contributed by atoms with Crippen LogP contribution in [0.4, 0.5) is 4.39 Å². The fraction of sp³-hybridized carbons (Fsp3) is 0.500. The van der Waals surface area contributed by atoms with E-state index in [0.29, 0.717) is 31.9 Å². The van der Waals surface area contributed by atoms with Gasteiger partial charge in [-0.2, -0.15) is 0 Å². The van der Waals surface area contributed by atoms with Crippen molar-refractivity contribution in [2.45, 2.75) is 18.9 Å². The zero-order valence-corrected chi connectivity index (χ0v) is 9.12. The molecule has 1 saturated heterocycles. The number of halogens is 1. The number of ether oxygens (including phenoxy) is 2. The van der Waals surface area contributed by atoms with E-state index in [-0.39, 0.29) is 11.9 Å². The van der Waals surface area contributed by atoms with Gasteiger partial charge in [0.25, 0.3) is 0 Å². The van der Waals surface area contributed by atoms with Crippen LogP contribution in [0.2, 0.25) is 0 Å². The topological polar surface area (TPSA) is 44.5 Å². The molecule has 1 fully saturated rings. The Morgan fingerprint density at radius 1 is 1.50 bits per heavy atom. The van der Waals surface area contributed by atoms with Crippen LogP contribution in [0.25, 0.3) is 0 Å². The zero-order chi connectivity index (χ0) is 11.4. The van der Waals surface area contributed by atoms with Crippen molar-refractivity contribution in [3.05, 3.63) is 29.6 Å². The van der Waals surface area contributed by atoms with E-state index < -0.39 is 0 Å². The van der Waals surface area contributed by atoms with Crippen LogP contribution in [-0.2, 0) is 11.2 Å². The minimum absolute atomic E-state index is 0.0339. The van der Waals surface area contributed by atoms with Crippen LogP contribution in [0.3, 0.4) is 0 Å². The molecule has 3 nitrogen and oxygen atoms in total. The Morgan fingerprint density at radius 3 is 3.06 bits per heavy atom. The molecule has 0 amide bonds.